The minimum Gasteiger partial charge on any atom is -0.399 e. The van der Waals surface area contributed by atoms with Crippen LogP contribution in [0.25, 0.3) is 11.1 Å². The van der Waals surface area contributed by atoms with Gasteiger partial charge in [-0.05, 0) is 53.8 Å². The maximum absolute atomic E-state index is 5.87. The van der Waals surface area contributed by atoms with Crippen molar-refractivity contribution in [3.8, 4) is 11.1 Å². The number of benzene rings is 2. The van der Waals surface area contributed by atoms with Gasteiger partial charge < -0.3 is 5.73 Å². The van der Waals surface area contributed by atoms with E-state index >= 15 is 0 Å². The van der Waals surface area contributed by atoms with E-state index in [1.807, 2.05) is 12.1 Å². The lowest BCUT2D eigenvalue weighted by Crippen LogP contribution is -1.93. The Bertz CT molecular complexity index is 547. The SMILES string of the molecule is Cc1ccc(N)cc1-c1cccc(CS)c1C. The Kier molecular flexibility index (Phi) is 3.43. The van der Waals surface area contributed by atoms with Gasteiger partial charge in [0.15, 0.2) is 0 Å². The molecule has 0 aliphatic carbocycles. The van der Waals surface area contributed by atoms with E-state index in [1.165, 1.54) is 27.8 Å². The van der Waals surface area contributed by atoms with Crippen molar-refractivity contribution in [1.29, 1.82) is 0 Å². The van der Waals surface area contributed by atoms with E-state index in [2.05, 4.69) is 50.7 Å². The fourth-order valence-electron chi connectivity index (χ4n) is 2.08. The number of hydrogen-bond donors (Lipinski definition) is 2. The van der Waals surface area contributed by atoms with Gasteiger partial charge in [-0.2, -0.15) is 12.6 Å². The summed E-state index contributed by atoms with van der Waals surface area (Å²) in [6.45, 7) is 4.26. The molecule has 2 aromatic rings. The fraction of sp³-hybridized carbons (Fsp3) is 0.200. The third-order valence-electron chi connectivity index (χ3n) is 3.17. The van der Waals surface area contributed by atoms with Crippen molar-refractivity contribution in [3.63, 3.8) is 0 Å². The van der Waals surface area contributed by atoms with Crippen LogP contribution in [0.5, 0.6) is 0 Å². The van der Waals surface area contributed by atoms with Crippen molar-refractivity contribution in [2.45, 2.75) is 19.6 Å². The predicted molar refractivity (Wildman–Crippen MR) is 78.5 cm³/mol. The van der Waals surface area contributed by atoms with Crippen LogP contribution in [0.3, 0.4) is 0 Å². The van der Waals surface area contributed by atoms with Crippen molar-refractivity contribution in [1.82, 2.24) is 0 Å². The molecule has 88 valence electrons. The number of aryl methyl sites for hydroxylation is 1. The molecular weight excluding hydrogens is 226 g/mol. The van der Waals surface area contributed by atoms with E-state index in [9.17, 15) is 0 Å². The molecule has 0 atom stereocenters. The number of rotatable bonds is 2. The summed E-state index contributed by atoms with van der Waals surface area (Å²) in [5, 5.41) is 0. The summed E-state index contributed by atoms with van der Waals surface area (Å²) in [5.74, 6) is 0.765. The molecule has 0 spiro atoms. The van der Waals surface area contributed by atoms with E-state index in [0.717, 1.165) is 11.4 Å². The fourth-order valence-corrected chi connectivity index (χ4v) is 2.42. The van der Waals surface area contributed by atoms with E-state index in [-0.39, 0.29) is 0 Å². The summed E-state index contributed by atoms with van der Waals surface area (Å²) >= 11 is 4.36. The summed E-state index contributed by atoms with van der Waals surface area (Å²) in [6.07, 6.45) is 0. The van der Waals surface area contributed by atoms with Gasteiger partial charge >= 0.3 is 0 Å². The summed E-state index contributed by atoms with van der Waals surface area (Å²) in [4.78, 5) is 0. The summed E-state index contributed by atoms with van der Waals surface area (Å²) in [5.41, 5.74) is 13.0. The van der Waals surface area contributed by atoms with Crippen molar-refractivity contribution in [2.24, 2.45) is 0 Å². The maximum Gasteiger partial charge on any atom is 0.0320 e. The topological polar surface area (TPSA) is 26.0 Å². The highest BCUT2D eigenvalue weighted by atomic mass is 32.1. The highest BCUT2D eigenvalue weighted by Gasteiger charge is 2.07. The highest BCUT2D eigenvalue weighted by Crippen LogP contribution is 2.30. The van der Waals surface area contributed by atoms with Gasteiger partial charge in [0.05, 0.1) is 0 Å². The third-order valence-corrected chi connectivity index (χ3v) is 3.51. The first kappa shape index (κ1) is 12.1. The smallest absolute Gasteiger partial charge is 0.0320 e. The largest absolute Gasteiger partial charge is 0.399 e. The molecule has 2 N–H and O–H groups in total. The molecule has 1 nitrogen and oxygen atoms in total. The second-order valence-electron chi connectivity index (χ2n) is 4.32. The molecule has 0 saturated heterocycles. The highest BCUT2D eigenvalue weighted by molar-refractivity contribution is 7.79. The van der Waals surface area contributed by atoms with Crippen molar-refractivity contribution >= 4 is 18.3 Å². The zero-order valence-electron chi connectivity index (χ0n) is 10.2. The average molecular weight is 243 g/mol. The van der Waals surface area contributed by atoms with Gasteiger partial charge in [-0.1, -0.05) is 24.3 Å². The number of hydrogen-bond acceptors (Lipinski definition) is 2. The molecule has 0 bridgehead atoms. The summed E-state index contributed by atoms with van der Waals surface area (Å²) < 4.78 is 0. The molecule has 0 amide bonds. The van der Waals surface area contributed by atoms with Crippen LogP contribution in [-0.4, -0.2) is 0 Å². The lowest BCUT2D eigenvalue weighted by atomic mass is 9.94. The number of thiol groups is 1. The Morgan fingerprint density at radius 1 is 1.06 bits per heavy atom. The molecule has 0 radical (unpaired) electrons. The quantitative estimate of drug-likeness (QED) is 0.605. The van der Waals surface area contributed by atoms with Gasteiger partial charge in [0.25, 0.3) is 0 Å². The van der Waals surface area contributed by atoms with E-state index in [0.29, 0.717) is 0 Å². The van der Waals surface area contributed by atoms with Gasteiger partial charge in [-0.25, -0.2) is 0 Å². The molecule has 0 aliphatic heterocycles. The van der Waals surface area contributed by atoms with E-state index in [4.69, 9.17) is 5.73 Å². The first-order valence-corrected chi connectivity index (χ1v) is 6.32. The van der Waals surface area contributed by atoms with Gasteiger partial charge in [0, 0.05) is 11.4 Å². The Balaban J connectivity index is 2.64. The second-order valence-corrected chi connectivity index (χ2v) is 4.64. The standard InChI is InChI=1S/C15H17NS/c1-10-6-7-13(16)8-15(10)14-5-3-4-12(9-17)11(14)2/h3-8,17H,9,16H2,1-2H3. The molecule has 0 heterocycles. The van der Waals surface area contributed by atoms with E-state index in [1.54, 1.807) is 0 Å². The van der Waals surface area contributed by atoms with Gasteiger partial charge in [-0.3, -0.25) is 0 Å². The third kappa shape index (κ3) is 2.32. The second kappa shape index (κ2) is 4.84. The summed E-state index contributed by atoms with van der Waals surface area (Å²) in [7, 11) is 0. The average Bonchev–Trinajstić information content (AvgIpc) is 2.33. The van der Waals surface area contributed by atoms with Crippen molar-refractivity contribution in [2.75, 3.05) is 5.73 Å². The first-order valence-electron chi connectivity index (χ1n) is 5.69. The molecule has 0 aliphatic rings. The van der Waals surface area contributed by atoms with Crippen LogP contribution in [0, 0.1) is 13.8 Å². The molecule has 2 aromatic carbocycles. The molecule has 2 heteroatoms. The molecule has 0 saturated carbocycles. The van der Waals surface area contributed by atoms with Crippen LogP contribution >= 0.6 is 12.6 Å². The number of anilines is 1. The van der Waals surface area contributed by atoms with Gasteiger partial charge in [0.2, 0.25) is 0 Å². The lowest BCUT2D eigenvalue weighted by Gasteiger charge is -2.13. The van der Waals surface area contributed by atoms with Crippen LogP contribution in [0.1, 0.15) is 16.7 Å². The van der Waals surface area contributed by atoms with Crippen LogP contribution in [0.15, 0.2) is 36.4 Å². The molecule has 17 heavy (non-hydrogen) atoms. The zero-order chi connectivity index (χ0) is 12.4. The minimum atomic E-state index is 0.765. The predicted octanol–water partition coefficient (Wildman–Crippen LogP) is 3.98. The minimum absolute atomic E-state index is 0.765. The first-order chi connectivity index (χ1) is 8.13. The monoisotopic (exact) mass is 243 g/mol. The van der Waals surface area contributed by atoms with Crippen molar-refractivity contribution < 1.29 is 0 Å². The zero-order valence-corrected chi connectivity index (χ0v) is 11.1. The lowest BCUT2D eigenvalue weighted by molar-refractivity contribution is 1.31. The number of nitrogen functional groups attached to an aromatic ring is 1. The van der Waals surface area contributed by atoms with E-state index < -0.39 is 0 Å². The van der Waals surface area contributed by atoms with Crippen LogP contribution in [-0.2, 0) is 5.75 Å². The summed E-state index contributed by atoms with van der Waals surface area (Å²) in [6, 6.07) is 12.4. The number of nitrogens with two attached hydrogens (primary N) is 1. The van der Waals surface area contributed by atoms with Crippen LogP contribution in [0.4, 0.5) is 5.69 Å². The molecule has 0 aromatic heterocycles. The Hall–Kier alpha value is -1.41. The molecular formula is C15H17NS. The Labute approximate surface area is 108 Å². The Morgan fingerprint density at radius 3 is 2.53 bits per heavy atom. The molecule has 2 rings (SSSR count). The normalized spacial score (nSPS) is 10.5. The van der Waals surface area contributed by atoms with Crippen LogP contribution < -0.4 is 5.73 Å². The molecule has 0 unspecified atom stereocenters. The van der Waals surface area contributed by atoms with Crippen molar-refractivity contribution in [3.05, 3.63) is 53.1 Å². The Morgan fingerprint density at radius 2 is 1.82 bits per heavy atom. The van der Waals surface area contributed by atoms with Gasteiger partial charge in [-0.15, -0.1) is 0 Å². The van der Waals surface area contributed by atoms with Gasteiger partial charge in [0.1, 0.15) is 0 Å². The molecule has 0 fully saturated rings. The van der Waals surface area contributed by atoms with Crippen LogP contribution in [0.2, 0.25) is 0 Å². The maximum atomic E-state index is 5.87.